The number of hydrogen-bond acceptors (Lipinski definition) is 3. The van der Waals surface area contributed by atoms with E-state index in [1.54, 1.807) is 0 Å². The molecular weight excluding hydrogens is 358 g/mol. The second-order valence-electron chi connectivity index (χ2n) is 8.79. The Kier molecular flexibility index (Phi) is 6.33. The largest absolute Gasteiger partial charge is 0.355 e. The molecule has 1 heterocycles. The lowest BCUT2D eigenvalue weighted by molar-refractivity contribution is -0.120. The second kappa shape index (κ2) is 8.75. The Bertz CT molecular complexity index is 994. The number of rotatable bonds is 7. The molecular formula is C25H31N3O. The van der Waals surface area contributed by atoms with Crippen LogP contribution in [-0.2, 0) is 11.2 Å². The van der Waals surface area contributed by atoms with Gasteiger partial charge in [0.05, 0.1) is 11.9 Å². The van der Waals surface area contributed by atoms with Gasteiger partial charge in [-0.2, -0.15) is 0 Å². The predicted octanol–water partition coefficient (Wildman–Crippen LogP) is 4.46. The van der Waals surface area contributed by atoms with Crippen LogP contribution in [0.5, 0.6) is 0 Å². The molecule has 0 unspecified atom stereocenters. The van der Waals surface area contributed by atoms with Crippen molar-refractivity contribution < 1.29 is 4.79 Å². The third kappa shape index (κ3) is 5.21. The van der Waals surface area contributed by atoms with Crippen molar-refractivity contribution in [2.75, 3.05) is 27.2 Å². The number of carbonyl (C=O) groups is 1. The second-order valence-corrected chi connectivity index (χ2v) is 8.79. The summed E-state index contributed by atoms with van der Waals surface area (Å²) in [4.78, 5) is 19.8. The number of nitrogens with zero attached hydrogens (tertiary/aromatic N) is 2. The third-order valence-electron chi connectivity index (χ3n) is 5.11. The summed E-state index contributed by atoms with van der Waals surface area (Å²) in [5.74, 6) is 0.0363. The Balaban J connectivity index is 1.93. The first-order valence-corrected chi connectivity index (χ1v) is 10.1. The molecule has 3 aromatic rings. The molecule has 0 spiro atoms. The van der Waals surface area contributed by atoms with Gasteiger partial charge in [0, 0.05) is 24.2 Å². The molecule has 29 heavy (non-hydrogen) atoms. The van der Waals surface area contributed by atoms with E-state index < -0.39 is 0 Å². The highest BCUT2D eigenvalue weighted by Crippen LogP contribution is 2.33. The van der Waals surface area contributed by atoms with Gasteiger partial charge in [0.15, 0.2) is 0 Å². The fourth-order valence-corrected chi connectivity index (χ4v) is 4.00. The fraction of sp³-hybridized carbons (Fsp3) is 0.360. The lowest BCUT2D eigenvalue weighted by Crippen LogP contribution is -2.40. The van der Waals surface area contributed by atoms with Crippen LogP contribution in [0, 0.1) is 12.3 Å². The Morgan fingerprint density at radius 1 is 1.03 bits per heavy atom. The average Bonchev–Trinajstić information content (AvgIpc) is 2.67. The van der Waals surface area contributed by atoms with E-state index in [0.717, 1.165) is 39.8 Å². The van der Waals surface area contributed by atoms with Gasteiger partial charge in [-0.1, -0.05) is 62.4 Å². The van der Waals surface area contributed by atoms with E-state index in [9.17, 15) is 4.79 Å². The summed E-state index contributed by atoms with van der Waals surface area (Å²) in [5, 5.41) is 4.22. The molecule has 2 aromatic carbocycles. The minimum atomic E-state index is 0.0120. The molecule has 4 nitrogen and oxygen atoms in total. The summed E-state index contributed by atoms with van der Waals surface area (Å²) >= 11 is 0. The van der Waals surface area contributed by atoms with E-state index in [4.69, 9.17) is 4.98 Å². The number of fused-ring (bicyclic) bond motifs is 1. The van der Waals surface area contributed by atoms with Crippen molar-refractivity contribution in [3.63, 3.8) is 0 Å². The van der Waals surface area contributed by atoms with E-state index in [-0.39, 0.29) is 11.3 Å². The molecule has 1 N–H and O–H groups in total. The summed E-state index contributed by atoms with van der Waals surface area (Å²) in [6.45, 7) is 7.90. The first kappa shape index (κ1) is 21.0. The third-order valence-corrected chi connectivity index (χ3v) is 5.11. The number of aryl methyl sites for hydroxylation is 1. The van der Waals surface area contributed by atoms with Gasteiger partial charge in [-0.3, -0.25) is 9.78 Å². The minimum Gasteiger partial charge on any atom is -0.355 e. The highest BCUT2D eigenvalue weighted by atomic mass is 16.1. The van der Waals surface area contributed by atoms with E-state index in [0.29, 0.717) is 13.0 Å². The standard InChI is InChI=1S/C25H31N3O/c1-18-21(15-23(29)26-16-25(2,3)17-28(4)5)24(19-11-7-6-8-12-19)20-13-9-10-14-22(20)27-18/h6-14H,15-17H2,1-5H3,(H,26,29). The molecule has 0 aliphatic heterocycles. The van der Waals surface area contributed by atoms with Crippen molar-refractivity contribution in [3.8, 4) is 11.1 Å². The van der Waals surface area contributed by atoms with Gasteiger partial charge in [-0.15, -0.1) is 0 Å². The van der Waals surface area contributed by atoms with Gasteiger partial charge < -0.3 is 10.2 Å². The summed E-state index contributed by atoms with van der Waals surface area (Å²) in [6, 6.07) is 18.4. The number of benzene rings is 2. The molecule has 0 fully saturated rings. The number of pyridine rings is 1. The van der Waals surface area contributed by atoms with E-state index >= 15 is 0 Å². The Morgan fingerprint density at radius 3 is 2.38 bits per heavy atom. The zero-order chi connectivity index (χ0) is 21.0. The van der Waals surface area contributed by atoms with Gasteiger partial charge >= 0.3 is 0 Å². The Morgan fingerprint density at radius 2 is 1.69 bits per heavy atom. The highest BCUT2D eigenvalue weighted by Gasteiger charge is 2.21. The highest BCUT2D eigenvalue weighted by molar-refractivity contribution is 5.98. The van der Waals surface area contributed by atoms with Gasteiger partial charge in [0.25, 0.3) is 0 Å². The lowest BCUT2D eigenvalue weighted by atomic mass is 9.91. The van der Waals surface area contributed by atoms with E-state index in [1.807, 2.05) is 43.3 Å². The normalized spacial score (nSPS) is 11.8. The summed E-state index contributed by atoms with van der Waals surface area (Å²) in [6.07, 6.45) is 0.325. The molecule has 3 rings (SSSR count). The first-order valence-electron chi connectivity index (χ1n) is 10.1. The van der Waals surface area contributed by atoms with Crippen molar-refractivity contribution in [1.29, 1.82) is 0 Å². The van der Waals surface area contributed by atoms with Crippen LogP contribution in [0.4, 0.5) is 0 Å². The van der Waals surface area contributed by atoms with Crippen molar-refractivity contribution >= 4 is 16.8 Å². The Hall–Kier alpha value is -2.72. The molecule has 1 amide bonds. The van der Waals surface area contributed by atoms with Crippen molar-refractivity contribution in [1.82, 2.24) is 15.2 Å². The van der Waals surface area contributed by atoms with Crippen LogP contribution in [0.2, 0.25) is 0 Å². The summed E-state index contributed by atoms with van der Waals surface area (Å²) in [5.41, 5.74) is 5.10. The van der Waals surface area contributed by atoms with Crippen LogP contribution in [0.1, 0.15) is 25.1 Å². The topological polar surface area (TPSA) is 45.2 Å². The monoisotopic (exact) mass is 389 g/mol. The van der Waals surface area contributed by atoms with Crippen molar-refractivity contribution in [3.05, 3.63) is 65.9 Å². The first-order chi connectivity index (χ1) is 13.8. The maximum absolute atomic E-state index is 12.9. The van der Waals surface area contributed by atoms with Crippen LogP contribution in [-0.4, -0.2) is 43.0 Å². The molecule has 1 aromatic heterocycles. The van der Waals surface area contributed by atoms with Crippen molar-refractivity contribution in [2.45, 2.75) is 27.2 Å². The lowest BCUT2D eigenvalue weighted by Gasteiger charge is -2.28. The van der Waals surface area contributed by atoms with Crippen molar-refractivity contribution in [2.24, 2.45) is 5.41 Å². The zero-order valence-electron chi connectivity index (χ0n) is 18.1. The molecule has 0 aliphatic carbocycles. The van der Waals surface area contributed by atoms with Crippen LogP contribution in [0.25, 0.3) is 22.0 Å². The van der Waals surface area contributed by atoms with Gasteiger partial charge in [0.2, 0.25) is 5.91 Å². The smallest absolute Gasteiger partial charge is 0.224 e. The number of para-hydroxylation sites is 1. The SMILES string of the molecule is Cc1nc2ccccc2c(-c2ccccc2)c1CC(=O)NCC(C)(C)CN(C)C. The van der Waals surface area contributed by atoms with Gasteiger partial charge in [0.1, 0.15) is 0 Å². The average molecular weight is 390 g/mol. The zero-order valence-corrected chi connectivity index (χ0v) is 18.1. The maximum Gasteiger partial charge on any atom is 0.224 e. The maximum atomic E-state index is 12.9. The molecule has 0 saturated heterocycles. The number of aromatic nitrogens is 1. The fourth-order valence-electron chi connectivity index (χ4n) is 4.00. The molecule has 152 valence electrons. The molecule has 4 heteroatoms. The molecule has 0 bridgehead atoms. The van der Waals surface area contributed by atoms with E-state index in [1.165, 1.54) is 0 Å². The molecule has 0 radical (unpaired) electrons. The Labute approximate surface area is 174 Å². The number of hydrogen-bond donors (Lipinski definition) is 1. The quantitative estimate of drug-likeness (QED) is 0.649. The molecule has 0 saturated carbocycles. The minimum absolute atomic E-state index is 0.0120. The van der Waals surface area contributed by atoms with Crippen LogP contribution >= 0.6 is 0 Å². The van der Waals surface area contributed by atoms with E-state index in [2.05, 4.69) is 56.4 Å². The predicted molar refractivity (Wildman–Crippen MR) is 121 cm³/mol. The number of carbonyl (C=O) groups excluding carboxylic acids is 1. The van der Waals surface area contributed by atoms with Gasteiger partial charge in [-0.25, -0.2) is 0 Å². The molecule has 0 aliphatic rings. The van der Waals surface area contributed by atoms with Crippen LogP contribution in [0.15, 0.2) is 54.6 Å². The van der Waals surface area contributed by atoms with Crippen LogP contribution < -0.4 is 5.32 Å². The van der Waals surface area contributed by atoms with Crippen LogP contribution in [0.3, 0.4) is 0 Å². The molecule has 0 atom stereocenters. The number of amides is 1. The van der Waals surface area contributed by atoms with Gasteiger partial charge in [-0.05, 0) is 49.2 Å². The number of nitrogens with one attached hydrogen (secondary N) is 1. The summed E-state index contributed by atoms with van der Waals surface area (Å²) < 4.78 is 0. The summed E-state index contributed by atoms with van der Waals surface area (Å²) in [7, 11) is 4.11.